The summed E-state index contributed by atoms with van der Waals surface area (Å²) in [6, 6.07) is 8.06. The molecule has 2 amide bonds. The Bertz CT molecular complexity index is 3160. The maximum absolute atomic E-state index is 12.4. The van der Waals surface area contributed by atoms with Crippen molar-refractivity contribution in [2.75, 3.05) is 278 Å². The van der Waals surface area contributed by atoms with Gasteiger partial charge in [-0.3, -0.25) is 23.7 Å². The van der Waals surface area contributed by atoms with Gasteiger partial charge in [0.05, 0.1) is 150 Å². The molecule has 0 spiro atoms. The number of ether oxygens (including phenoxy) is 13. The van der Waals surface area contributed by atoms with Crippen LogP contribution in [0, 0.1) is 41.4 Å². The highest BCUT2D eigenvalue weighted by Crippen LogP contribution is 2.27. The van der Waals surface area contributed by atoms with Gasteiger partial charge in [-0.25, -0.2) is 0 Å². The van der Waals surface area contributed by atoms with Crippen molar-refractivity contribution in [1.82, 2.24) is 45.8 Å². The third-order valence-corrected chi connectivity index (χ3v) is 24.4. The van der Waals surface area contributed by atoms with E-state index in [2.05, 4.69) is 180 Å². The molecule has 8 unspecified atom stereocenters. The van der Waals surface area contributed by atoms with Gasteiger partial charge in [0, 0.05) is 109 Å². The number of carbonyl (C=O) groups excluding carboxylic acids is 4. The number of Topliss-reactive ketones (excluding diaryl/α,β-unsaturated/α-hetero) is 2. The molecule has 12 N–H and O–H groups in total. The second-order valence-electron chi connectivity index (χ2n) is 40.7. The number of benzene rings is 1. The van der Waals surface area contributed by atoms with Gasteiger partial charge < -0.3 is 134 Å². The second kappa shape index (κ2) is 97.3. The van der Waals surface area contributed by atoms with Gasteiger partial charge in [0.25, 0.3) is 10.1 Å². The summed E-state index contributed by atoms with van der Waals surface area (Å²) < 4.78 is 102. The lowest BCUT2D eigenvalue weighted by Crippen LogP contribution is -2.58. The molecule has 8 atom stereocenters. The van der Waals surface area contributed by atoms with Crippen LogP contribution in [0.2, 0.25) is 0 Å². The van der Waals surface area contributed by atoms with E-state index in [1.54, 1.807) is 13.8 Å². The number of nitrogens with one attached hydrogen (secondary N) is 4. The number of amides is 2. The Balaban J connectivity index is -0.00000188. The summed E-state index contributed by atoms with van der Waals surface area (Å²) in [6.45, 7) is 63.3. The third kappa shape index (κ3) is 94.7. The molecule has 3 rings (SSSR count). The van der Waals surface area contributed by atoms with Crippen molar-refractivity contribution in [1.29, 1.82) is 0 Å². The second-order valence-corrected chi connectivity index (χ2v) is 42.3. The van der Waals surface area contributed by atoms with Crippen LogP contribution in [0.25, 0.3) is 0 Å². The molecule has 2 heterocycles. The van der Waals surface area contributed by atoms with E-state index in [9.17, 15) is 42.9 Å². The molecule has 34 nitrogen and oxygen atoms in total. The number of nitrogens with zero attached hydrogens (tertiary/aromatic N) is 5. The van der Waals surface area contributed by atoms with Gasteiger partial charge in [0.1, 0.15) is 42.2 Å². The summed E-state index contributed by atoms with van der Waals surface area (Å²) in [5.41, 5.74) is 14.6. The van der Waals surface area contributed by atoms with Gasteiger partial charge in [0.15, 0.2) is 0 Å². The normalized spacial score (nSPS) is 16.1. The molecule has 2 aliphatic rings. The van der Waals surface area contributed by atoms with E-state index < -0.39 is 52.8 Å². The van der Waals surface area contributed by atoms with Crippen molar-refractivity contribution in [2.24, 2.45) is 52.9 Å². The molecule has 0 bridgehead atoms. The summed E-state index contributed by atoms with van der Waals surface area (Å²) >= 11 is 0. The van der Waals surface area contributed by atoms with E-state index in [0.29, 0.717) is 221 Å². The van der Waals surface area contributed by atoms with E-state index in [1.165, 1.54) is 102 Å². The fraction of sp³-hybridized carbons (Fsp3) is 0.889. The Morgan fingerprint density at radius 2 is 0.930 bits per heavy atom. The highest BCUT2D eigenvalue weighted by atomic mass is 32.2. The zero-order valence-corrected chi connectivity index (χ0v) is 95.1. The van der Waals surface area contributed by atoms with E-state index in [4.69, 9.17) is 77.6 Å². The molecule has 1 aromatic rings. The van der Waals surface area contributed by atoms with E-state index in [0.717, 1.165) is 100 Å². The summed E-state index contributed by atoms with van der Waals surface area (Å²) in [4.78, 5) is 58.7. The summed E-state index contributed by atoms with van der Waals surface area (Å²) in [6.07, 6.45) is 16.6. The van der Waals surface area contributed by atoms with Crippen molar-refractivity contribution < 1.29 is 109 Å². The average Bonchev–Trinajstić information content (AvgIpc) is 0.809. The molecule has 2 saturated heterocycles. The minimum atomic E-state index is -3.91. The van der Waals surface area contributed by atoms with Crippen LogP contribution in [-0.4, -0.2) is 403 Å². The van der Waals surface area contributed by atoms with Gasteiger partial charge in [-0.15, -0.1) is 0 Å². The largest absolute Gasteiger partial charge is 0.462 e. The van der Waals surface area contributed by atoms with Crippen LogP contribution in [0.1, 0.15) is 258 Å². The Hall–Kier alpha value is -4.17. The maximum Gasteiger partial charge on any atom is 0.266 e. The first-order chi connectivity index (χ1) is 68.1. The number of ketones is 2. The van der Waals surface area contributed by atoms with Crippen LogP contribution < -0.4 is 37.5 Å². The molecule has 143 heavy (non-hydrogen) atoms. The molecule has 0 aliphatic carbocycles. The van der Waals surface area contributed by atoms with Crippen molar-refractivity contribution in [3.8, 4) is 5.75 Å². The van der Waals surface area contributed by atoms with Gasteiger partial charge in [-0.05, 0) is 217 Å². The highest BCUT2D eigenvalue weighted by Gasteiger charge is 2.44. The predicted octanol–water partition coefficient (Wildman–Crippen LogP) is 12.0. The summed E-state index contributed by atoms with van der Waals surface area (Å²) in [5, 5.41) is 42.0. The number of likely N-dealkylation sites (N-methyl/N-ethyl adjacent to an activating group) is 2. The van der Waals surface area contributed by atoms with Gasteiger partial charge >= 0.3 is 0 Å². The molecular weight excluding hydrogens is 1850 g/mol. The Kier molecular flexibility index (Phi) is 97.3. The fourth-order valence-electron chi connectivity index (χ4n) is 13.6. The zero-order valence-electron chi connectivity index (χ0n) is 94.2. The first-order valence-corrected chi connectivity index (χ1v) is 56.1. The first kappa shape index (κ1) is 143. The van der Waals surface area contributed by atoms with Crippen molar-refractivity contribution in [3.63, 3.8) is 0 Å². The van der Waals surface area contributed by atoms with E-state index in [1.807, 2.05) is 36.1 Å². The van der Waals surface area contributed by atoms with Crippen LogP contribution in [0.5, 0.6) is 5.75 Å². The first-order valence-electron chi connectivity index (χ1n) is 54.5. The van der Waals surface area contributed by atoms with Crippen LogP contribution in [0.15, 0.2) is 36.5 Å². The monoisotopic (exact) mass is 2070 g/mol. The molecule has 0 saturated carbocycles. The SMILES string of the molecule is C=C(C(N)CCCCN(C)C)N(C)CCC(C)C.CC(=O)CCNCCN(CCC(C)C)CCS(=O)(=O)O.CC(C)CCN(C)C1CNC1.CCC1OC(Oc2ccc(CCCCC(C)C)cc2)C(O)C(O)C1O.CCCCN(C)CCC(C)C.CCCCOCCOCCOCCOCCOCCOCCOCCOCCOCCOCCOCC(=O)NCCCCC(N)C(=O)CC(C)C(=O)NCCC(C)C. The topological polar surface area (TPSA) is 420 Å². The third-order valence-electron chi connectivity index (χ3n) is 23.7. The number of rotatable bonds is 87. The predicted molar refractivity (Wildman–Crippen MR) is 579 cm³/mol. The molecule has 0 aromatic heterocycles. The number of carbonyl (C=O) groups is 4. The fourth-order valence-corrected chi connectivity index (χ4v) is 14.1. The Labute approximate surface area is 870 Å². The Morgan fingerprint density at radius 1 is 0.476 bits per heavy atom. The highest BCUT2D eigenvalue weighted by molar-refractivity contribution is 7.85. The number of unbranched alkanes of at least 4 members (excludes halogenated alkanes) is 5. The quantitative estimate of drug-likeness (QED) is 0.0214. The number of nitrogens with two attached hydrogens (primary N) is 2. The summed E-state index contributed by atoms with van der Waals surface area (Å²) in [5.74, 6) is 3.87. The summed E-state index contributed by atoms with van der Waals surface area (Å²) in [7, 11) is 6.86. The van der Waals surface area contributed by atoms with Gasteiger partial charge in [0.2, 0.25) is 18.1 Å². The number of aryl methyl sites for hydroxylation is 1. The van der Waals surface area contributed by atoms with Crippen molar-refractivity contribution >= 4 is 33.5 Å². The molecular formula is C108H217N11O23S. The minimum absolute atomic E-state index is 0.0551. The van der Waals surface area contributed by atoms with Gasteiger partial charge in [-0.1, -0.05) is 162 Å². The maximum atomic E-state index is 12.4. The van der Waals surface area contributed by atoms with Crippen LogP contribution in [-0.2, 0) is 92.6 Å². The van der Waals surface area contributed by atoms with Crippen LogP contribution >= 0.6 is 0 Å². The minimum Gasteiger partial charge on any atom is -0.462 e. The number of aliphatic hydroxyl groups excluding tert-OH is 3. The Morgan fingerprint density at radius 3 is 1.38 bits per heavy atom. The average molecular weight is 2070 g/mol. The molecule has 2 aliphatic heterocycles. The van der Waals surface area contributed by atoms with Gasteiger partial charge in [-0.2, -0.15) is 8.42 Å². The molecule has 1 aromatic carbocycles. The number of hydrogen-bond acceptors (Lipinski definition) is 31. The van der Waals surface area contributed by atoms with Crippen LogP contribution in [0.4, 0.5) is 0 Å². The standard InChI is InChI=1S/C41H81N3O14.C20H32O5.C15H33N3.C13H28N2O4S.C10H23N.C9H20N2/c1-5-6-13-48-14-15-49-16-17-50-18-19-51-20-21-52-22-23-53-24-25-54-26-27-55-28-29-56-30-31-57-32-33-58-35-40(46)43-11-8-7-9-38(42)39(45)34-37(4)41(47)44-12-10-36(2)3;1-4-16-17(21)18(22)19(23)20(25-16)24-15-11-9-14(10-12-15)8-6-5-7-13(2)3;1-13(2)10-12-18(6)14(3)15(16)9-7-8-11-17(4)5;1-12(2)5-8-15(10-11-20(17,18)19)9-7-14-6-4-13(3)16;1-5-6-8-11(4)9-7-10(2)3;1-8(2)4-5-11(3)9-6-10-7-9/h36-38H,5-35,42H2,1-4H3,(H,43,46)(H,44,47);9-13,16-23H,4-8H2,1-3H3;13,15H,3,7-12,16H2,1-2,4-6H3;12,14H,4-11H2,1-3H3,(H,17,18,19);10H,5-9H2,1-4H3;8-10H,4-7H2,1-3H3. The van der Waals surface area contributed by atoms with Crippen LogP contribution in [0.3, 0.4) is 0 Å². The lowest BCUT2D eigenvalue weighted by Gasteiger charge is -2.40. The molecule has 848 valence electrons. The lowest BCUT2D eigenvalue weighted by atomic mass is 9.97. The molecule has 2 fully saturated rings. The zero-order chi connectivity index (χ0) is 108. The number of aliphatic hydroxyl groups is 3. The lowest BCUT2D eigenvalue weighted by molar-refractivity contribution is -0.272. The van der Waals surface area contributed by atoms with Crippen molar-refractivity contribution in [2.45, 2.75) is 308 Å². The smallest absolute Gasteiger partial charge is 0.266 e. The number of hydrogen-bond donors (Lipinski definition) is 10. The van der Waals surface area contributed by atoms with Crippen molar-refractivity contribution in [3.05, 3.63) is 42.1 Å². The van der Waals surface area contributed by atoms with E-state index >= 15 is 0 Å². The van der Waals surface area contributed by atoms with E-state index in [-0.39, 0.29) is 48.2 Å². The molecule has 35 heteroatoms. The molecule has 0 radical (unpaired) electrons.